The van der Waals surface area contributed by atoms with Gasteiger partial charge in [0.05, 0.1) is 16.8 Å². The molecule has 0 spiro atoms. The summed E-state index contributed by atoms with van der Waals surface area (Å²) in [6, 6.07) is 30.7. The number of nitrogens with one attached hydrogen (secondary N) is 1. The SMILES string of the molecule is O=C(Nc1ccccc1C(=O)OC/C(=N/OC(=O)c1ccccc1)c1ccc(Br)cc1)c1ccccc1. The molecule has 0 fully saturated rings. The Balaban J connectivity index is 1.50. The smallest absolute Gasteiger partial charge is 0.365 e. The molecule has 0 aromatic heterocycles. The summed E-state index contributed by atoms with van der Waals surface area (Å²) < 4.78 is 6.36. The Morgan fingerprint density at radius 1 is 0.676 bits per heavy atom. The molecule has 0 bridgehead atoms. The lowest BCUT2D eigenvalue weighted by molar-refractivity contribution is 0.0505. The normalized spacial score (nSPS) is 10.9. The Labute approximate surface area is 221 Å². The molecule has 7 nitrogen and oxygen atoms in total. The second-order valence-electron chi connectivity index (χ2n) is 7.73. The van der Waals surface area contributed by atoms with Crippen LogP contribution >= 0.6 is 15.9 Å². The molecule has 0 saturated heterocycles. The molecule has 4 aromatic carbocycles. The van der Waals surface area contributed by atoms with E-state index in [2.05, 4.69) is 26.4 Å². The van der Waals surface area contributed by atoms with Crippen molar-refractivity contribution < 1.29 is 24.0 Å². The zero-order valence-electron chi connectivity index (χ0n) is 19.5. The van der Waals surface area contributed by atoms with E-state index >= 15 is 0 Å². The van der Waals surface area contributed by atoms with Crippen molar-refractivity contribution in [2.24, 2.45) is 5.16 Å². The van der Waals surface area contributed by atoms with Crippen molar-refractivity contribution in [2.45, 2.75) is 0 Å². The maximum absolute atomic E-state index is 13.0. The van der Waals surface area contributed by atoms with E-state index in [1.807, 2.05) is 6.07 Å². The molecule has 4 rings (SSSR count). The average molecular weight is 557 g/mol. The predicted octanol–water partition coefficient (Wildman–Crippen LogP) is 6.12. The van der Waals surface area contributed by atoms with Gasteiger partial charge in [0.15, 0.2) is 0 Å². The number of benzene rings is 4. The van der Waals surface area contributed by atoms with Gasteiger partial charge in [0.1, 0.15) is 12.3 Å². The molecule has 0 saturated carbocycles. The second-order valence-corrected chi connectivity index (χ2v) is 8.65. The fraction of sp³-hybridized carbons (Fsp3) is 0.0345. The molecule has 0 aliphatic carbocycles. The lowest BCUT2D eigenvalue weighted by Crippen LogP contribution is -2.19. The summed E-state index contributed by atoms with van der Waals surface area (Å²) in [6.07, 6.45) is 0. The van der Waals surface area contributed by atoms with Gasteiger partial charge in [0, 0.05) is 15.6 Å². The van der Waals surface area contributed by atoms with Crippen LogP contribution in [0.5, 0.6) is 0 Å². The van der Waals surface area contributed by atoms with Gasteiger partial charge in [-0.15, -0.1) is 0 Å². The maximum atomic E-state index is 13.0. The molecule has 8 heteroatoms. The lowest BCUT2D eigenvalue weighted by Gasteiger charge is -2.12. The number of rotatable bonds is 8. The van der Waals surface area contributed by atoms with Crippen LogP contribution in [0.1, 0.15) is 36.6 Å². The number of anilines is 1. The molecule has 0 atom stereocenters. The van der Waals surface area contributed by atoms with E-state index in [4.69, 9.17) is 9.57 Å². The van der Waals surface area contributed by atoms with Gasteiger partial charge in [-0.2, -0.15) is 0 Å². The van der Waals surface area contributed by atoms with Crippen LogP contribution in [0, 0.1) is 0 Å². The maximum Gasteiger partial charge on any atom is 0.365 e. The number of carbonyl (C=O) groups excluding carboxylic acids is 3. The number of nitrogens with zero attached hydrogens (tertiary/aromatic N) is 1. The van der Waals surface area contributed by atoms with Gasteiger partial charge in [-0.3, -0.25) is 4.79 Å². The van der Waals surface area contributed by atoms with Crippen molar-refractivity contribution in [1.82, 2.24) is 0 Å². The summed E-state index contributed by atoms with van der Waals surface area (Å²) >= 11 is 3.38. The minimum atomic E-state index is -0.678. The highest BCUT2D eigenvalue weighted by Crippen LogP contribution is 2.18. The predicted molar refractivity (Wildman–Crippen MR) is 144 cm³/mol. The third-order valence-electron chi connectivity index (χ3n) is 5.20. The van der Waals surface area contributed by atoms with Gasteiger partial charge in [-0.05, 0) is 48.5 Å². The standard InChI is InChI=1S/C29H21BrN2O5/c30-23-17-15-20(16-18-23)26(32-37-28(34)22-11-5-2-6-12-22)19-36-29(35)24-13-7-8-14-25(24)31-27(33)21-9-3-1-4-10-21/h1-18H,19H2,(H,31,33)/b32-26-. The van der Waals surface area contributed by atoms with Crippen molar-refractivity contribution in [1.29, 1.82) is 0 Å². The number of ether oxygens (including phenoxy) is 1. The first-order valence-electron chi connectivity index (χ1n) is 11.2. The van der Waals surface area contributed by atoms with Crippen LogP contribution in [-0.4, -0.2) is 30.2 Å². The summed E-state index contributed by atoms with van der Waals surface area (Å²) in [6.45, 7) is -0.274. The van der Waals surface area contributed by atoms with Gasteiger partial charge in [0.2, 0.25) is 0 Å². The van der Waals surface area contributed by atoms with Crippen molar-refractivity contribution in [3.05, 3.63) is 136 Å². The number of oxime groups is 1. The highest BCUT2D eigenvalue weighted by atomic mass is 79.9. The monoisotopic (exact) mass is 556 g/mol. The van der Waals surface area contributed by atoms with Crippen LogP contribution in [0.3, 0.4) is 0 Å². The third kappa shape index (κ3) is 6.99. The number of amides is 1. The first-order chi connectivity index (χ1) is 18.0. The Bertz CT molecular complexity index is 1420. The molecule has 0 unspecified atom stereocenters. The fourth-order valence-corrected chi connectivity index (χ4v) is 3.56. The summed E-state index contributed by atoms with van der Waals surface area (Å²) in [5.74, 6) is -1.68. The van der Waals surface area contributed by atoms with Crippen LogP contribution in [-0.2, 0) is 9.57 Å². The van der Waals surface area contributed by atoms with Gasteiger partial charge in [0.25, 0.3) is 5.91 Å². The molecular weight excluding hydrogens is 536 g/mol. The van der Waals surface area contributed by atoms with Crippen LogP contribution in [0.2, 0.25) is 0 Å². The van der Waals surface area contributed by atoms with Crippen LogP contribution in [0.4, 0.5) is 5.69 Å². The molecule has 0 aliphatic heterocycles. The minimum Gasteiger partial charge on any atom is -0.455 e. The third-order valence-corrected chi connectivity index (χ3v) is 5.73. The number of esters is 1. The quantitative estimate of drug-likeness (QED) is 0.122. The van der Waals surface area contributed by atoms with Gasteiger partial charge >= 0.3 is 11.9 Å². The van der Waals surface area contributed by atoms with E-state index in [1.54, 1.807) is 103 Å². The lowest BCUT2D eigenvalue weighted by atomic mass is 10.1. The number of halogens is 1. The van der Waals surface area contributed by atoms with E-state index in [0.717, 1.165) is 4.47 Å². The second kappa shape index (κ2) is 12.4. The van der Waals surface area contributed by atoms with Gasteiger partial charge in [-0.1, -0.05) is 81.7 Å². The first-order valence-corrected chi connectivity index (χ1v) is 12.0. The minimum absolute atomic E-state index is 0.170. The zero-order chi connectivity index (χ0) is 26.0. The Kier molecular flexibility index (Phi) is 8.57. The molecule has 1 N–H and O–H groups in total. The molecule has 1 amide bonds. The van der Waals surface area contributed by atoms with E-state index < -0.39 is 11.9 Å². The molecule has 0 aliphatic rings. The molecule has 0 heterocycles. The summed E-state index contributed by atoms with van der Waals surface area (Å²) in [5, 5.41) is 6.73. The Morgan fingerprint density at radius 3 is 1.95 bits per heavy atom. The first kappa shape index (κ1) is 25.5. The van der Waals surface area contributed by atoms with Crippen LogP contribution < -0.4 is 5.32 Å². The Morgan fingerprint density at radius 2 is 1.27 bits per heavy atom. The summed E-state index contributed by atoms with van der Waals surface area (Å²) in [5.41, 5.74) is 2.10. The number of hydrogen-bond donors (Lipinski definition) is 1. The van der Waals surface area contributed by atoms with Crippen molar-refractivity contribution in [3.8, 4) is 0 Å². The van der Waals surface area contributed by atoms with E-state index in [1.165, 1.54) is 0 Å². The fourth-order valence-electron chi connectivity index (χ4n) is 3.29. The highest BCUT2D eigenvalue weighted by Gasteiger charge is 2.17. The summed E-state index contributed by atoms with van der Waals surface area (Å²) in [7, 11) is 0. The highest BCUT2D eigenvalue weighted by molar-refractivity contribution is 9.10. The van der Waals surface area contributed by atoms with Crippen molar-refractivity contribution in [2.75, 3.05) is 11.9 Å². The van der Waals surface area contributed by atoms with Crippen molar-refractivity contribution >= 4 is 45.2 Å². The summed E-state index contributed by atoms with van der Waals surface area (Å²) in [4.78, 5) is 43.1. The molecule has 37 heavy (non-hydrogen) atoms. The molecule has 4 aromatic rings. The largest absolute Gasteiger partial charge is 0.455 e. The van der Waals surface area contributed by atoms with Crippen LogP contribution in [0.15, 0.2) is 119 Å². The number of carbonyl (C=O) groups is 3. The van der Waals surface area contributed by atoms with E-state index in [0.29, 0.717) is 22.4 Å². The Hall–Kier alpha value is -4.56. The van der Waals surface area contributed by atoms with E-state index in [-0.39, 0.29) is 23.8 Å². The van der Waals surface area contributed by atoms with Crippen molar-refractivity contribution in [3.63, 3.8) is 0 Å². The molecule has 0 radical (unpaired) electrons. The van der Waals surface area contributed by atoms with Gasteiger partial charge < -0.3 is 14.9 Å². The zero-order valence-corrected chi connectivity index (χ0v) is 21.1. The molecule has 184 valence electrons. The van der Waals surface area contributed by atoms with E-state index in [9.17, 15) is 14.4 Å². The number of para-hydroxylation sites is 1. The van der Waals surface area contributed by atoms with Gasteiger partial charge in [-0.25, -0.2) is 9.59 Å². The number of hydrogen-bond acceptors (Lipinski definition) is 6. The van der Waals surface area contributed by atoms with Crippen LogP contribution in [0.25, 0.3) is 0 Å². The average Bonchev–Trinajstić information content (AvgIpc) is 2.94. The topological polar surface area (TPSA) is 94.1 Å². The molecular formula is C29H21BrN2O5.